The van der Waals surface area contributed by atoms with Gasteiger partial charge in [0.1, 0.15) is 11.2 Å². The van der Waals surface area contributed by atoms with E-state index < -0.39 is 5.41 Å². The molecule has 1 amide bonds. The van der Waals surface area contributed by atoms with Crippen molar-refractivity contribution in [2.75, 3.05) is 32.9 Å². The number of nitrogens with zero attached hydrogens (tertiary/aromatic N) is 1. The minimum atomic E-state index is -0.652. The van der Waals surface area contributed by atoms with Gasteiger partial charge in [-0.3, -0.25) is 15.1 Å². The van der Waals surface area contributed by atoms with Crippen LogP contribution in [0.3, 0.4) is 0 Å². The molecule has 5 atom stereocenters. The van der Waals surface area contributed by atoms with Crippen molar-refractivity contribution in [1.82, 2.24) is 4.90 Å². The van der Waals surface area contributed by atoms with Crippen LogP contribution in [0.1, 0.15) is 25.3 Å². The molecule has 1 aromatic carbocycles. The number of carbonyl (C=O) groups is 1. The summed E-state index contributed by atoms with van der Waals surface area (Å²) >= 11 is 0. The quantitative estimate of drug-likeness (QED) is 0.652. The van der Waals surface area contributed by atoms with Crippen molar-refractivity contribution >= 4 is 11.6 Å². The number of hydrogen-bond acceptors (Lipinski definition) is 5. The number of allylic oxidation sites excluding steroid dienone is 1. The minimum absolute atomic E-state index is 0.109. The summed E-state index contributed by atoms with van der Waals surface area (Å²) < 4.78 is 11.7. The van der Waals surface area contributed by atoms with Gasteiger partial charge in [-0.25, -0.2) is 0 Å². The van der Waals surface area contributed by atoms with Gasteiger partial charge in [0.15, 0.2) is 0 Å². The highest BCUT2D eigenvalue weighted by atomic mass is 16.6. The number of benzene rings is 1. The molecule has 5 aliphatic rings. The Balaban J connectivity index is 1.68. The molecule has 2 unspecified atom stereocenters. The number of methoxy groups -OCH3 is 1. The molecule has 27 heavy (non-hydrogen) atoms. The van der Waals surface area contributed by atoms with E-state index >= 15 is 0 Å². The molecule has 4 heterocycles. The predicted octanol–water partition coefficient (Wildman–Crippen LogP) is 2.50. The van der Waals surface area contributed by atoms with Crippen LogP contribution in [0, 0.1) is 11.8 Å². The smallest absolute Gasteiger partial charge is 0.236 e. The van der Waals surface area contributed by atoms with E-state index in [0.29, 0.717) is 11.8 Å². The van der Waals surface area contributed by atoms with E-state index in [9.17, 15) is 4.79 Å². The van der Waals surface area contributed by atoms with Crippen LogP contribution in [-0.4, -0.2) is 50.3 Å². The van der Waals surface area contributed by atoms with Crippen LogP contribution in [-0.2, 0) is 19.8 Å². The zero-order valence-corrected chi connectivity index (χ0v) is 16.0. The monoisotopic (exact) mass is 370 g/mol. The van der Waals surface area contributed by atoms with Gasteiger partial charge in [-0.1, -0.05) is 17.7 Å². The number of piperidine rings is 1. The standard InChI is InChI=1S/C21H26N2O4/c1-4-12-10-23-18-9-21(20(23)24,19-8-14(12)15(18)11-27-19)16-6-5-13(25-2)7-17(16)22-26-3/h4-7,14-15,18-19,22H,8-11H2,1-3H3/b12-4+/t14-,15-,18?,19?,21-/m0/s1. The Morgan fingerprint density at radius 2 is 2.22 bits per heavy atom. The molecule has 6 heteroatoms. The van der Waals surface area contributed by atoms with E-state index in [1.165, 1.54) is 5.57 Å². The van der Waals surface area contributed by atoms with Crippen LogP contribution in [0.2, 0.25) is 0 Å². The van der Waals surface area contributed by atoms with Gasteiger partial charge in [0.2, 0.25) is 5.91 Å². The van der Waals surface area contributed by atoms with Gasteiger partial charge in [0.05, 0.1) is 32.6 Å². The molecule has 1 aromatic rings. The van der Waals surface area contributed by atoms with Crippen LogP contribution in [0.4, 0.5) is 5.69 Å². The van der Waals surface area contributed by atoms with E-state index in [0.717, 1.165) is 43.0 Å². The van der Waals surface area contributed by atoms with Gasteiger partial charge >= 0.3 is 0 Å². The van der Waals surface area contributed by atoms with Crippen molar-refractivity contribution in [2.45, 2.75) is 37.3 Å². The Bertz CT molecular complexity index is 822. The SMILES string of the molecule is C/C=C1\CN2C(=O)[C@]3(c4ccc(OC)cc4NOC)CC2[C@H]2COC3C[C@@H]12. The van der Waals surface area contributed by atoms with Crippen molar-refractivity contribution in [3.8, 4) is 5.75 Å². The number of carbonyl (C=O) groups excluding carboxylic acids is 1. The first-order chi connectivity index (χ1) is 13.1. The average Bonchev–Trinajstić information content (AvgIpc) is 2.83. The van der Waals surface area contributed by atoms with Crippen LogP contribution < -0.4 is 10.2 Å². The normalized spacial score (nSPS) is 37.8. The molecule has 4 aliphatic heterocycles. The van der Waals surface area contributed by atoms with E-state index in [4.69, 9.17) is 14.3 Å². The fourth-order valence-corrected chi connectivity index (χ4v) is 5.99. The summed E-state index contributed by atoms with van der Waals surface area (Å²) in [7, 11) is 3.22. The maximum absolute atomic E-state index is 13.8. The van der Waals surface area contributed by atoms with Crippen molar-refractivity contribution < 1.29 is 19.1 Å². The summed E-state index contributed by atoms with van der Waals surface area (Å²) in [5.41, 5.74) is 5.46. The van der Waals surface area contributed by atoms with Crippen LogP contribution in [0.15, 0.2) is 29.8 Å². The fourth-order valence-electron chi connectivity index (χ4n) is 5.99. The van der Waals surface area contributed by atoms with Crippen LogP contribution in [0.5, 0.6) is 5.75 Å². The lowest BCUT2D eigenvalue weighted by Gasteiger charge is -2.50. The third-order valence-electron chi connectivity index (χ3n) is 7.21. The highest BCUT2D eigenvalue weighted by Gasteiger charge is 2.67. The maximum Gasteiger partial charge on any atom is 0.236 e. The van der Waals surface area contributed by atoms with E-state index in [2.05, 4.69) is 23.4 Å². The first kappa shape index (κ1) is 17.1. The van der Waals surface area contributed by atoms with E-state index in [1.807, 2.05) is 18.2 Å². The van der Waals surface area contributed by atoms with Crippen molar-refractivity contribution in [2.24, 2.45) is 11.8 Å². The van der Waals surface area contributed by atoms with Gasteiger partial charge in [0.25, 0.3) is 0 Å². The lowest BCUT2D eigenvalue weighted by molar-refractivity contribution is -0.154. The van der Waals surface area contributed by atoms with Crippen LogP contribution >= 0.6 is 0 Å². The Morgan fingerprint density at radius 3 is 2.96 bits per heavy atom. The predicted molar refractivity (Wildman–Crippen MR) is 101 cm³/mol. The summed E-state index contributed by atoms with van der Waals surface area (Å²) in [6, 6.07) is 6.09. The Labute approximate surface area is 159 Å². The van der Waals surface area contributed by atoms with Crippen molar-refractivity contribution in [1.29, 1.82) is 0 Å². The molecular weight excluding hydrogens is 344 g/mol. The largest absolute Gasteiger partial charge is 0.497 e. The second kappa shape index (κ2) is 5.97. The summed E-state index contributed by atoms with van der Waals surface area (Å²) in [6.45, 7) is 3.60. The number of ether oxygens (including phenoxy) is 2. The topological polar surface area (TPSA) is 60.0 Å². The summed E-state index contributed by atoms with van der Waals surface area (Å²) in [5.74, 6) is 1.87. The van der Waals surface area contributed by atoms with Crippen molar-refractivity contribution in [3.63, 3.8) is 0 Å². The molecule has 6 rings (SSSR count). The molecule has 5 fully saturated rings. The van der Waals surface area contributed by atoms with E-state index in [-0.39, 0.29) is 18.1 Å². The van der Waals surface area contributed by atoms with Crippen LogP contribution in [0.25, 0.3) is 0 Å². The first-order valence-corrected chi connectivity index (χ1v) is 9.69. The van der Waals surface area contributed by atoms with Gasteiger partial charge in [-0.05, 0) is 37.3 Å². The Kier molecular flexibility index (Phi) is 3.78. The Morgan fingerprint density at radius 1 is 1.37 bits per heavy atom. The zero-order valence-electron chi connectivity index (χ0n) is 16.0. The molecule has 0 spiro atoms. The van der Waals surface area contributed by atoms with Gasteiger partial charge in [-0.2, -0.15) is 0 Å². The first-order valence-electron chi connectivity index (χ1n) is 9.69. The van der Waals surface area contributed by atoms with Gasteiger partial charge in [0, 0.05) is 24.6 Å². The van der Waals surface area contributed by atoms with Gasteiger partial charge < -0.3 is 14.4 Å². The molecular formula is C21H26N2O4. The molecule has 0 radical (unpaired) electrons. The number of fused-ring (bicyclic) bond motifs is 1. The van der Waals surface area contributed by atoms with Crippen molar-refractivity contribution in [3.05, 3.63) is 35.4 Å². The molecule has 0 aromatic heterocycles. The summed E-state index contributed by atoms with van der Waals surface area (Å²) in [4.78, 5) is 21.1. The highest BCUT2D eigenvalue weighted by molar-refractivity contribution is 5.94. The second-order valence-electron chi connectivity index (χ2n) is 8.09. The number of hydrogen-bond donors (Lipinski definition) is 1. The summed E-state index contributed by atoms with van der Waals surface area (Å²) in [5, 5.41) is 0. The number of rotatable bonds is 4. The molecule has 1 aliphatic carbocycles. The number of nitrogens with one attached hydrogen (secondary N) is 1. The molecule has 1 saturated carbocycles. The molecule has 5 bridgehead atoms. The summed E-state index contributed by atoms with van der Waals surface area (Å²) in [6.07, 6.45) is 3.83. The Hall–Kier alpha value is -2.05. The molecule has 6 nitrogen and oxygen atoms in total. The van der Waals surface area contributed by atoms with Gasteiger partial charge in [-0.15, -0.1) is 0 Å². The molecule has 1 N–H and O–H groups in total. The second-order valence-corrected chi connectivity index (χ2v) is 8.09. The maximum atomic E-state index is 13.8. The molecule has 4 saturated heterocycles. The number of amides is 1. The molecule has 144 valence electrons. The van der Waals surface area contributed by atoms with E-state index in [1.54, 1.807) is 14.2 Å². The average molecular weight is 370 g/mol. The highest BCUT2D eigenvalue weighted by Crippen LogP contribution is 2.59. The third kappa shape index (κ3) is 2.11. The lowest BCUT2D eigenvalue weighted by Crippen LogP contribution is -2.59. The zero-order chi connectivity index (χ0) is 18.8. The minimum Gasteiger partial charge on any atom is -0.497 e. The lowest BCUT2D eigenvalue weighted by atomic mass is 9.69. The third-order valence-corrected chi connectivity index (χ3v) is 7.21. The fraction of sp³-hybridized carbons (Fsp3) is 0.571. The number of anilines is 1.